The van der Waals surface area contributed by atoms with Crippen molar-refractivity contribution in [1.29, 1.82) is 0 Å². The summed E-state index contributed by atoms with van der Waals surface area (Å²) in [7, 11) is 0. The van der Waals surface area contributed by atoms with Gasteiger partial charge in [-0.3, -0.25) is 9.59 Å². The molecule has 1 atom stereocenters. The number of piperazine rings is 1. The molecule has 0 radical (unpaired) electrons. The number of amides is 2. The molecule has 4 rings (SSSR count). The number of hydrogen-bond donors (Lipinski definition) is 0. The molecule has 1 aliphatic carbocycles. The van der Waals surface area contributed by atoms with Gasteiger partial charge < -0.3 is 9.80 Å². The second kappa shape index (κ2) is 7.43. The van der Waals surface area contributed by atoms with E-state index < -0.39 is 5.82 Å². The summed E-state index contributed by atoms with van der Waals surface area (Å²) in [6.07, 6.45) is 3.33. The molecule has 1 aromatic heterocycles. The highest BCUT2D eigenvalue weighted by molar-refractivity contribution is 7.14. The van der Waals surface area contributed by atoms with Crippen LogP contribution in [0.5, 0.6) is 0 Å². The molecule has 1 saturated heterocycles. The molecule has 0 N–H and O–H groups in total. The quantitative estimate of drug-likeness (QED) is 0.791. The maximum absolute atomic E-state index is 13.3. The molecule has 1 unspecified atom stereocenters. The van der Waals surface area contributed by atoms with Gasteiger partial charge in [0.1, 0.15) is 5.82 Å². The Morgan fingerprint density at radius 3 is 2.48 bits per heavy atom. The van der Waals surface area contributed by atoms with Crippen LogP contribution in [0.1, 0.15) is 43.8 Å². The van der Waals surface area contributed by atoms with Gasteiger partial charge in [0.25, 0.3) is 11.8 Å². The summed E-state index contributed by atoms with van der Waals surface area (Å²) in [4.78, 5) is 31.1. The second-order valence-electron chi connectivity index (χ2n) is 7.50. The summed E-state index contributed by atoms with van der Waals surface area (Å²) in [5.41, 5.74) is 1.69. The molecular weight excluding hydrogens is 363 g/mol. The zero-order valence-corrected chi connectivity index (χ0v) is 16.2. The number of carbonyl (C=O) groups is 2. The van der Waals surface area contributed by atoms with Gasteiger partial charge >= 0.3 is 0 Å². The van der Waals surface area contributed by atoms with Crippen molar-refractivity contribution in [3.05, 3.63) is 57.0 Å². The van der Waals surface area contributed by atoms with Crippen LogP contribution in [0.15, 0.2) is 30.3 Å². The van der Waals surface area contributed by atoms with Gasteiger partial charge in [0.15, 0.2) is 0 Å². The van der Waals surface area contributed by atoms with Crippen LogP contribution in [0.2, 0.25) is 0 Å². The summed E-state index contributed by atoms with van der Waals surface area (Å²) >= 11 is 1.63. The van der Waals surface area contributed by atoms with Crippen molar-refractivity contribution in [3.8, 4) is 0 Å². The fraction of sp³-hybridized carbons (Fsp3) is 0.429. The Labute approximate surface area is 162 Å². The Morgan fingerprint density at radius 2 is 1.78 bits per heavy atom. The third-order valence-corrected chi connectivity index (χ3v) is 6.69. The molecule has 0 spiro atoms. The van der Waals surface area contributed by atoms with Gasteiger partial charge in [-0.05, 0) is 55.0 Å². The topological polar surface area (TPSA) is 40.6 Å². The predicted octanol–water partition coefficient (Wildman–Crippen LogP) is 3.61. The Morgan fingerprint density at radius 1 is 1.07 bits per heavy atom. The number of benzene rings is 1. The normalized spacial score (nSPS) is 19.7. The van der Waals surface area contributed by atoms with E-state index in [1.165, 1.54) is 29.0 Å². The fourth-order valence-electron chi connectivity index (χ4n) is 3.88. The number of thiophene rings is 1. The van der Waals surface area contributed by atoms with Crippen molar-refractivity contribution in [2.75, 3.05) is 26.2 Å². The van der Waals surface area contributed by atoms with E-state index in [1.807, 2.05) is 4.90 Å². The number of aryl methyl sites for hydroxylation is 1. The number of rotatable bonds is 2. The highest BCUT2D eigenvalue weighted by Gasteiger charge is 2.28. The van der Waals surface area contributed by atoms with Crippen LogP contribution in [-0.2, 0) is 12.8 Å². The Hall–Kier alpha value is -2.21. The largest absolute Gasteiger partial charge is 0.335 e. The molecule has 1 aliphatic heterocycles. The predicted molar refractivity (Wildman–Crippen MR) is 104 cm³/mol. The molecule has 2 amide bonds. The molecule has 0 bridgehead atoms. The third-order valence-electron chi connectivity index (χ3n) is 5.47. The van der Waals surface area contributed by atoms with Gasteiger partial charge in [-0.15, -0.1) is 11.3 Å². The molecule has 6 heteroatoms. The van der Waals surface area contributed by atoms with E-state index in [4.69, 9.17) is 0 Å². The van der Waals surface area contributed by atoms with Gasteiger partial charge in [0, 0.05) is 36.6 Å². The first-order valence-electron chi connectivity index (χ1n) is 9.47. The molecule has 1 fully saturated rings. The number of fused-ring (bicyclic) bond motifs is 1. The zero-order valence-electron chi connectivity index (χ0n) is 15.4. The molecular formula is C21H23FN2O2S. The van der Waals surface area contributed by atoms with Crippen LogP contribution in [0, 0.1) is 11.7 Å². The molecule has 4 nitrogen and oxygen atoms in total. The van der Waals surface area contributed by atoms with Crippen LogP contribution in [-0.4, -0.2) is 47.8 Å². The molecule has 2 heterocycles. The first-order valence-corrected chi connectivity index (χ1v) is 10.3. The standard InChI is InChI=1S/C21H23FN2O2S/c1-14-5-6-18-16(11-14)13-19(27-18)21(26)24-9-7-23(8-10-24)20(25)15-3-2-4-17(22)12-15/h2-4,12-14H,5-11H2,1H3. The molecule has 0 saturated carbocycles. The van der Waals surface area contributed by atoms with Gasteiger partial charge in [0.2, 0.25) is 0 Å². The average Bonchev–Trinajstić information content (AvgIpc) is 3.10. The van der Waals surface area contributed by atoms with Crippen molar-refractivity contribution in [1.82, 2.24) is 9.80 Å². The maximum Gasteiger partial charge on any atom is 0.264 e. The minimum absolute atomic E-state index is 0.0694. The lowest BCUT2D eigenvalue weighted by Gasteiger charge is -2.34. The lowest BCUT2D eigenvalue weighted by Crippen LogP contribution is -2.50. The number of halogens is 1. The summed E-state index contributed by atoms with van der Waals surface area (Å²) in [5, 5.41) is 0. The van der Waals surface area contributed by atoms with Crippen molar-refractivity contribution < 1.29 is 14.0 Å². The van der Waals surface area contributed by atoms with Crippen LogP contribution >= 0.6 is 11.3 Å². The third kappa shape index (κ3) is 3.76. The van der Waals surface area contributed by atoms with E-state index >= 15 is 0 Å². The van der Waals surface area contributed by atoms with E-state index in [0.717, 1.165) is 17.7 Å². The number of nitrogens with zero attached hydrogens (tertiary/aromatic N) is 2. The van der Waals surface area contributed by atoms with Crippen LogP contribution < -0.4 is 0 Å². The summed E-state index contributed by atoms with van der Waals surface area (Å²) < 4.78 is 13.3. The summed E-state index contributed by atoms with van der Waals surface area (Å²) in [6, 6.07) is 7.83. The summed E-state index contributed by atoms with van der Waals surface area (Å²) in [6.45, 7) is 4.24. The van der Waals surface area contributed by atoms with E-state index in [1.54, 1.807) is 28.4 Å². The van der Waals surface area contributed by atoms with Gasteiger partial charge in [-0.2, -0.15) is 0 Å². The SMILES string of the molecule is CC1CCc2sc(C(=O)N3CCN(C(=O)c4cccc(F)c4)CC3)cc2C1. The number of hydrogen-bond acceptors (Lipinski definition) is 3. The Kier molecular flexibility index (Phi) is 5.00. The molecule has 1 aromatic carbocycles. The molecule has 27 heavy (non-hydrogen) atoms. The van der Waals surface area contributed by atoms with Gasteiger partial charge in [-0.1, -0.05) is 13.0 Å². The van der Waals surface area contributed by atoms with Crippen LogP contribution in [0.25, 0.3) is 0 Å². The van der Waals surface area contributed by atoms with E-state index in [0.29, 0.717) is 37.7 Å². The van der Waals surface area contributed by atoms with Crippen molar-refractivity contribution in [3.63, 3.8) is 0 Å². The van der Waals surface area contributed by atoms with E-state index in [-0.39, 0.29) is 11.8 Å². The highest BCUT2D eigenvalue weighted by atomic mass is 32.1. The van der Waals surface area contributed by atoms with Gasteiger partial charge in [0.05, 0.1) is 4.88 Å². The summed E-state index contributed by atoms with van der Waals surface area (Å²) in [5.74, 6) is 0.167. The average molecular weight is 386 g/mol. The second-order valence-corrected chi connectivity index (χ2v) is 8.64. The fourth-order valence-corrected chi connectivity index (χ4v) is 5.06. The van der Waals surface area contributed by atoms with Crippen LogP contribution in [0.4, 0.5) is 4.39 Å². The Bertz CT molecular complexity index is 871. The lowest BCUT2D eigenvalue weighted by atomic mass is 9.90. The minimum Gasteiger partial charge on any atom is -0.335 e. The zero-order chi connectivity index (χ0) is 19.0. The smallest absolute Gasteiger partial charge is 0.264 e. The monoisotopic (exact) mass is 386 g/mol. The first kappa shape index (κ1) is 18.2. The minimum atomic E-state index is -0.411. The first-order chi connectivity index (χ1) is 13.0. The van der Waals surface area contributed by atoms with E-state index in [9.17, 15) is 14.0 Å². The highest BCUT2D eigenvalue weighted by Crippen LogP contribution is 2.32. The van der Waals surface area contributed by atoms with Gasteiger partial charge in [-0.25, -0.2) is 4.39 Å². The van der Waals surface area contributed by atoms with Crippen molar-refractivity contribution in [2.24, 2.45) is 5.92 Å². The van der Waals surface area contributed by atoms with Crippen molar-refractivity contribution >= 4 is 23.2 Å². The van der Waals surface area contributed by atoms with Crippen molar-refractivity contribution in [2.45, 2.75) is 26.2 Å². The lowest BCUT2D eigenvalue weighted by molar-refractivity contribution is 0.0538. The molecule has 142 valence electrons. The van der Waals surface area contributed by atoms with Crippen LogP contribution in [0.3, 0.4) is 0 Å². The Balaban J connectivity index is 1.39. The molecule has 2 aliphatic rings. The number of carbonyl (C=O) groups excluding carboxylic acids is 2. The maximum atomic E-state index is 13.3. The molecule has 2 aromatic rings. The van der Waals surface area contributed by atoms with E-state index in [2.05, 4.69) is 13.0 Å².